The van der Waals surface area contributed by atoms with E-state index in [0.29, 0.717) is 6.61 Å². The third-order valence-corrected chi connectivity index (χ3v) is 4.37. The first-order valence-electron chi connectivity index (χ1n) is 8.13. The average molecular weight is 374 g/mol. The van der Waals surface area contributed by atoms with Crippen molar-refractivity contribution in [1.82, 2.24) is 0 Å². The molecule has 0 aromatic heterocycles. The van der Waals surface area contributed by atoms with E-state index < -0.39 is 28.1 Å². The summed E-state index contributed by atoms with van der Waals surface area (Å²) >= 11 is 0. The smallest absolute Gasteiger partial charge is 0.264 e. The molecule has 1 saturated heterocycles. The minimum absolute atomic E-state index is 0.165. The molecule has 0 amide bonds. The summed E-state index contributed by atoms with van der Waals surface area (Å²) in [5.41, 5.74) is 1.03. The minimum Gasteiger partial charge on any atom is -0.396 e. The van der Waals surface area contributed by atoms with Gasteiger partial charge in [-0.3, -0.25) is 4.18 Å². The molecule has 2 rings (SSSR count). The van der Waals surface area contributed by atoms with Crippen LogP contribution < -0.4 is 0 Å². The second kappa shape index (κ2) is 8.57. The number of aliphatic hydroxyl groups excluding tert-OH is 1. The fourth-order valence-corrected chi connectivity index (χ4v) is 3.12. The first-order valence-corrected chi connectivity index (χ1v) is 9.94. The van der Waals surface area contributed by atoms with Gasteiger partial charge in [-0.05, 0) is 19.4 Å². The Morgan fingerprint density at radius 3 is 2.52 bits per heavy atom. The van der Waals surface area contributed by atoms with E-state index in [1.54, 1.807) is 13.8 Å². The fraction of sp³-hybridized carbons (Fsp3) is 0.647. The third-order valence-electron chi connectivity index (χ3n) is 3.81. The standard InChI is InChI=1S/C17H26O7S/c1-17(2)23-15(12-22-25(3,19)20)16(24-17)14(9-18)11-21-10-13-7-5-4-6-8-13/h4-8,14-16,18H,9-12H2,1-3H3/t14-,15-,16+/m1/s1. The molecule has 0 bridgehead atoms. The lowest BCUT2D eigenvalue weighted by Gasteiger charge is -2.24. The molecule has 8 heteroatoms. The van der Waals surface area contributed by atoms with Crippen LogP contribution in [0.5, 0.6) is 0 Å². The third kappa shape index (κ3) is 6.65. The number of rotatable bonds is 9. The van der Waals surface area contributed by atoms with Crippen LogP contribution in [0, 0.1) is 5.92 Å². The quantitative estimate of drug-likeness (QED) is 0.652. The molecule has 3 atom stereocenters. The van der Waals surface area contributed by atoms with Gasteiger partial charge in [-0.25, -0.2) is 0 Å². The van der Waals surface area contributed by atoms with Crippen molar-refractivity contribution in [3.63, 3.8) is 0 Å². The zero-order valence-corrected chi connectivity index (χ0v) is 15.6. The predicted octanol–water partition coefficient (Wildman–Crippen LogP) is 1.31. The Kier molecular flexibility index (Phi) is 6.95. The van der Waals surface area contributed by atoms with E-state index in [9.17, 15) is 13.5 Å². The summed E-state index contributed by atoms with van der Waals surface area (Å²) in [6.07, 6.45) is -0.158. The van der Waals surface area contributed by atoms with Crippen LogP contribution in [-0.2, 0) is 35.1 Å². The molecular formula is C17H26O7S. The van der Waals surface area contributed by atoms with Crippen molar-refractivity contribution in [3.8, 4) is 0 Å². The SMILES string of the molecule is CC1(C)O[C@@H]([C@H](CO)COCc2ccccc2)[C@@H](COS(C)(=O)=O)O1. The largest absolute Gasteiger partial charge is 0.396 e. The number of benzene rings is 1. The second-order valence-electron chi connectivity index (χ2n) is 6.57. The molecule has 0 radical (unpaired) electrons. The molecule has 1 fully saturated rings. The van der Waals surface area contributed by atoms with Gasteiger partial charge in [0.25, 0.3) is 10.1 Å². The summed E-state index contributed by atoms with van der Waals surface area (Å²) in [5, 5.41) is 9.73. The van der Waals surface area contributed by atoms with E-state index in [1.807, 2.05) is 30.3 Å². The molecule has 25 heavy (non-hydrogen) atoms. The van der Waals surface area contributed by atoms with Gasteiger partial charge in [0.05, 0.1) is 38.8 Å². The topological polar surface area (TPSA) is 91.3 Å². The van der Waals surface area contributed by atoms with Gasteiger partial charge >= 0.3 is 0 Å². The molecule has 142 valence electrons. The first-order chi connectivity index (χ1) is 11.7. The number of ether oxygens (including phenoxy) is 3. The summed E-state index contributed by atoms with van der Waals surface area (Å²) in [6, 6.07) is 9.69. The van der Waals surface area contributed by atoms with Gasteiger partial charge in [-0.2, -0.15) is 8.42 Å². The Labute approximate surface area is 149 Å². The Bertz CT molecular complexity index is 630. The monoisotopic (exact) mass is 374 g/mol. The zero-order valence-electron chi connectivity index (χ0n) is 14.8. The van der Waals surface area contributed by atoms with Crippen molar-refractivity contribution in [3.05, 3.63) is 35.9 Å². The number of aliphatic hydroxyl groups is 1. The highest BCUT2D eigenvalue weighted by Crippen LogP contribution is 2.32. The first kappa shape index (κ1) is 20.3. The van der Waals surface area contributed by atoms with E-state index in [-0.39, 0.29) is 25.7 Å². The van der Waals surface area contributed by atoms with Crippen LogP contribution in [0.4, 0.5) is 0 Å². The van der Waals surface area contributed by atoms with E-state index in [2.05, 4.69) is 0 Å². The van der Waals surface area contributed by atoms with Crippen molar-refractivity contribution in [2.75, 3.05) is 26.1 Å². The van der Waals surface area contributed by atoms with Crippen molar-refractivity contribution in [2.45, 2.75) is 38.4 Å². The van der Waals surface area contributed by atoms with E-state index in [0.717, 1.165) is 11.8 Å². The van der Waals surface area contributed by atoms with Crippen molar-refractivity contribution in [1.29, 1.82) is 0 Å². The van der Waals surface area contributed by atoms with E-state index >= 15 is 0 Å². The second-order valence-corrected chi connectivity index (χ2v) is 8.21. The van der Waals surface area contributed by atoms with Crippen LogP contribution in [0.15, 0.2) is 30.3 Å². The van der Waals surface area contributed by atoms with Gasteiger partial charge < -0.3 is 19.3 Å². The maximum absolute atomic E-state index is 11.2. The van der Waals surface area contributed by atoms with E-state index in [1.165, 1.54) is 0 Å². The maximum atomic E-state index is 11.2. The van der Waals surface area contributed by atoms with Gasteiger partial charge in [-0.1, -0.05) is 30.3 Å². The van der Waals surface area contributed by atoms with E-state index in [4.69, 9.17) is 18.4 Å². The average Bonchev–Trinajstić information content (AvgIpc) is 2.85. The van der Waals surface area contributed by atoms with Crippen molar-refractivity contribution >= 4 is 10.1 Å². The van der Waals surface area contributed by atoms with Gasteiger partial charge in [0.2, 0.25) is 0 Å². The van der Waals surface area contributed by atoms with Crippen molar-refractivity contribution < 1.29 is 31.9 Å². The molecule has 1 aliphatic rings. The zero-order chi connectivity index (χ0) is 18.5. The highest BCUT2D eigenvalue weighted by atomic mass is 32.2. The Hall–Kier alpha value is -1.03. The summed E-state index contributed by atoms with van der Waals surface area (Å²) in [6.45, 7) is 3.81. The molecule has 1 aromatic rings. The molecule has 1 aromatic carbocycles. The summed E-state index contributed by atoms with van der Waals surface area (Å²) < 4.78 is 44.6. The van der Waals surface area contributed by atoms with Gasteiger partial charge in [-0.15, -0.1) is 0 Å². The Morgan fingerprint density at radius 1 is 1.24 bits per heavy atom. The van der Waals surface area contributed by atoms with Crippen LogP contribution in [0.2, 0.25) is 0 Å². The number of hydrogen-bond acceptors (Lipinski definition) is 7. The Balaban J connectivity index is 1.95. The highest BCUT2D eigenvalue weighted by Gasteiger charge is 2.45. The van der Waals surface area contributed by atoms with Crippen LogP contribution >= 0.6 is 0 Å². The molecule has 0 aliphatic carbocycles. The van der Waals surface area contributed by atoms with Crippen LogP contribution in [0.25, 0.3) is 0 Å². The lowest BCUT2D eigenvalue weighted by molar-refractivity contribution is -0.155. The maximum Gasteiger partial charge on any atom is 0.264 e. The van der Waals surface area contributed by atoms with Crippen LogP contribution in [-0.4, -0.2) is 57.6 Å². The predicted molar refractivity (Wildman–Crippen MR) is 91.3 cm³/mol. The van der Waals surface area contributed by atoms with Gasteiger partial charge in [0.1, 0.15) is 6.10 Å². The molecule has 1 aliphatic heterocycles. The lowest BCUT2D eigenvalue weighted by Crippen LogP contribution is -2.39. The van der Waals surface area contributed by atoms with Crippen LogP contribution in [0.3, 0.4) is 0 Å². The Morgan fingerprint density at radius 2 is 1.92 bits per heavy atom. The molecule has 7 nitrogen and oxygen atoms in total. The molecule has 1 N–H and O–H groups in total. The molecule has 0 spiro atoms. The van der Waals surface area contributed by atoms with Gasteiger partial charge in [0.15, 0.2) is 5.79 Å². The normalized spacial score (nSPS) is 24.3. The molecule has 0 saturated carbocycles. The number of hydrogen-bond donors (Lipinski definition) is 1. The summed E-state index contributed by atoms with van der Waals surface area (Å²) in [5.74, 6) is -1.25. The fourth-order valence-electron chi connectivity index (χ4n) is 2.74. The molecular weight excluding hydrogens is 348 g/mol. The minimum atomic E-state index is -3.59. The van der Waals surface area contributed by atoms with Crippen LogP contribution in [0.1, 0.15) is 19.4 Å². The van der Waals surface area contributed by atoms with Crippen molar-refractivity contribution in [2.24, 2.45) is 5.92 Å². The van der Waals surface area contributed by atoms with Gasteiger partial charge in [0, 0.05) is 5.92 Å². The summed E-state index contributed by atoms with van der Waals surface area (Å²) in [4.78, 5) is 0. The summed E-state index contributed by atoms with van der Waals surface area (Å²) in [7, 11) is -3.59. The lowest BCUT2D eigenvalue weighted by atomic mass is 10.00. The molecule has 0 unspecified atom stereocenters. The highest BCUT2D eigenvalue weighted by molar-refractivity contribution is 7.85. The molecule has 1 heterocycles.